The minimum atomic E-state index is 0.0572. The van der Waals surface area contributed by atoms with E-state index in [2.05, 4.69) is 15.9 Å². The van der Waals surface area contributed by atoms with Crippen molar-refractivity contribution in [3.8, 4) is 0 Å². The minimum Gasteiger partial charge on any atom is -0.469 e. The first-order valence-corrected chi connectivity index (χ1v) is 5.78. The van der Waals surface area contributed by atoms with Crippen molar-refractivity contribution in [2.75, 3.05) is 0 Å². The molecule has 82 valence electrons. The second kappa shape index (κ2) is 4.66. The third-order valence-electron chi connectivity index (χ3n) is 2.34. The van der Waals surface area contributed by atoms with Crippen LogP contribution in [0.15, 0.2) is 45.5 Å². The maximum atomic E-state index is 12.0. The van der Waals surface area contributed by atoms with Crippen molar-refractivity contribution >= 4 is 21.7 Å². The zero-order chi connectivity index (χ0) is 11.5. The molecule has 1 heterocycles. The molecular weight excluding hydrogens is 268 g/mol. The molecule has 0 unspecified atom stereocenters. The van der Waals surface area contributed by atoms with Crippen LogP contribution >= 0.6 is 15.9 Å². The Labute approximate surface area is 102 Å². The van der Waals surface area contributed by atoms with Gasteiger partial charge in [0, 0.05) is 10.0 Å². The predicted molar refractivity (Wildman–Crippen MR) is 65.6 cm³/mol. The molecule has 2 nitrogen and oxygen atoms in total. The highest BCUT2D eigenvalue weighted by molar-refractivity contribution is 9.10. The van der Waals surface area contributed by atoms with Gasteiger partial charge in [-0.05, 0) is 36.8 Å². The molecule has 0 bridgehead atoms. The molecule has 0 aliphatic heterocycles. The summed E-state index contributed by atoms with van der Waals surface area (Å²) in [6.45, 7) is 1.99. The molecule has 16 heavy (non-hydrogen) atoms. The van der Waals surface area contributed by atoms with E-state index in [9.17, 15) is 4.79 Å². The maximum absolute atomic E-state index is 12.0. The van der Waals surface area contributed by atoms with Crippen molar-refractivity contribution in [3.05, 3.63) is 58.0 Å². The van der Waals surface area contributed by atoms with Gasteiger partial charge in [-0.15, -0.1) is 0 Å². The first-order chi connectivity index (χ1) is 7.66. The number of benzene rings is 1. The number of carbonyl (C=O) groups excluding carboxylic acids is 1. The van der Waals surface area contributed by atoms with E-state index in [4.69, 9.17) is 4.42 Å². The lowest BCUT2D eigenvalue weighted by Gasteiger charge is -2.03. The second-order valence-electron chi connectivity index (χ2n) is 3.66. The van der Waals surface area contributed by atoms with Crippen molar-refractivity contribution in [3.63, 3.8) is 0 Å². The molecule has 0 fully saturated rings. The van der Waals surface area contributed by atoms with Crippen LogP contribution in [0.5, 0.6) is 0 Å². The Hall–Kier alpha value is -1.35. The van der Waals surface area contributed by atoms with E-state index >= 15 is 0 Å². The summed E-state index contributed by atoms with van der Waals surface area (Å²) in [4.78, 5) is 12.0. The van der Waals surface area contributed by atoms with Gasteiger partial charge in [0.1, 0.15) is 5.76 Å². The number of hydrogen-bond acceptors (Lipinski definition) is 2. The summed E-state index contributed by atoms with van der Waals surface area (Å²) in [6, 6.07) is 9.30. The van der Waals surface area contributed by atoms with Crippen molar-refractivity contribution in [1.82, 2.24) is 0 Å². The summed E-state index contributed by atoms with van der Waals surface area (Å²) in [7, 11) is 0. The average molecular weight is 279 g/mol. The van der Waals surface area contributed by atoms with Crippen LogP contribution in [0.25, 0.3) is 0 Å². The van der Waals surface area contributed by atoms with Gasteiger partial charge in [-0.25, -0.2) is 0 Å². The number of halogens is 1. The largest absolute Gasteiger partial charge is 0.469 e. The number of rotatable bonds is 3. The Morgan fingerprint density at radius 2 is 2.19 bits per heavy atom. The van der Waals surface area contributed by atoms with Crippen LogP contribution in [0, 0.1) is 6.92 Å². The van der Waals surface area contributed by atoms with Gasteiger partial charge in [-0.1, -0.05) is 22.0 Å². The maximum Gasteiger partial charge on any atom is 0.171 e. The molecule has 1 aromatic heterocycles. The van der Waals surface area contributed by atoms with Crippen LogP contribution in [-0.2, 0) is 6.42 Å². The zero-order valence-electron chi connectivity index (χ0n) is 8.87. The van der Waals surface area contributed by atoms with E-state index < -0.39 is 0 Å². The SMILES string of the molecule is Cc1ccc(C(=O)Cc2ccco2)c(Br)c1. The average Bonchev–Trinajstić information content (AvgIpc) is 2.70. The number of furan rings is 1. The van der Waals surface area contributed by atoms with Gasteiger partial charge in [-0.3, -0.25) is 4.79 Å². The van der Waals surface area contributed by atoms with Crippen molar-refractivity contribution in [2.24, 2.45) is 0 Å². The Morgan fingerprint density at radius 1 is 1.38 bits per heavy atom. The molecule has 0 aliphatic carbocycles. The van der Waals surface area contributed by atoms with E-state index in [-0.39, 0.29) is 5.78 Å². The van der Waals surface area contributed by atoms with Gasteiger partial charge in [0.25, 0.3) is 0 Å². The molecule has 1 aromatic carbocycles. The van der Waals surface area contributed by atoms with Crippen molar-refractivity contribution in [1.29, 1.82) is 0 Å². The Kier molecular flexibility index (Phi) is 3.25. The Morgan fingerprint density at radius 3 is 2.81 bits per heavy atom. The molecular formula is C13H11BrO2. The monoisotopic (exact) mass is 278 g/mol. The van der Waals surface area contributed by atoms with E-state index in [1.165, 1.54) is 0 Å². The first kappa shape index (κ1) is 11.1. The highest BCUT2D eigenvalue weighted by Crippen LogP contribution is 2.20. The zero-order valence-corrected chi connectivity index (χ0v) is 10.5. The fraction of sp³-hybridized carbons (Fsp3) is 0.154. The molecule has 0 spiro atoms. The highest BCUT2D eigenvalue weighted by atomic mass is 79.9. The standard InChI is InChI=1S/C13H11BrO2/c1-9-4-5-11(12(14)7-9)13(15)8-10-3-2-6-16-10/h2-7H,8H2,1H3. The molecule has 0 saturated carbocycles. The van der Waals surface area contributed by atoms with Crippen molar-refractivity contribution in [2.45, 2.75) is 13.3 Å². The summed E-state index contributed by atoms with van der Waals surface area (Å²) < 4.78 is 5.99. The van der Waals surface area contributed by atoms with Gasteiger partial charge in [0.05, 0.1) is 12.7 Å². The number of aryl methyl sites for hydroxylation is 1. The van der Waals surface area contributed by atoms with Gasteiger partial charge < -0.3 is 4.42 Å². The van der Waals surface area contributed by atoms with Gasteiger partial charge >= 0.3 is 0 Å². The Balaban J connectivity index is 2.21. The summed E-state index contributed by atoms with van der Waals surface area (Å²) in [6.07, 6.45) is 1.88. The third kappa shape index (κ3) is 2.42. The fourth-order valence-electron chi connectivity index (χ4n) is 1.51. The van der Waals surface area contributed by atoms with Crippen LogP contribution in [-0.4, -0.2) is 5.78 Å². The molecule has 0 saturated heterocycles. The van der Waals surface area contributed by atoms with Crippen LogP contribution in [0.1, 0.15) is 21.7 Å². The number of carbonyl (C=O) groups is 1. The predicted octanol–water partition coefficient (Wildman–Crippen LogP) is 3.78. The molecule has 0 aliphatic rings. The lowest BCUT2D eigenvalue weighted by Crippen LogP contribution is -2.03. The Bertz CT molecular complexity index is 501. The quantitative estimate of drug-likeness (QED) is 0.800. The van der Waals surface area contributed by atoms with Gasteiger partial charge in [-0.2, -0.15) is 0 Å². The highest BCUT2D eigenvalue weighted by Gasteiger charge is 2.11. The summed E-state index contributed by atoms with van der Waals surface area (Å²) in [5.74, 6) is 0.749. The lowest BCUT2D eigenvalue weighted by molar-refractivity contribution is 0.0986. The van der Waals surface area contributed by atoms with E-state index in [1.807, 2.05) is 25.1 Å². The summed E-state index contributed by atoms with van der Waals surface area (Å²) in [5, 5.41) is 0. The normalized spacial score (nSPS) is 10.4. The topological polar surface area (TPSA) is 30.2 Å². The minimum absolute atomic E-state index is 0.0572. The van der Waals surface area contributed by atoms with Crippen LogP contribution in [0.3, 0.4) is 0 Å². The van der Waals surface area contributed by atoms with Crippen LogP contribution < -0.4 is 0 Å². The van der Waals surface area contributed by atoms with Gasteiger partial charge in [0.15, 0.2) is 5.78 Å². The molecule has 0 amide bonds. The molecule has 3 heteroatoms. The number of hydrogen-bond donors (Lipinski definition) is 0. The summed E-state index contributed by atoms with van der Waals surface area (Å²) in [5.41, 5.74) is 1.82. The van der Waals surface area contributed by atoms with E-state index in [1.54, 1.807) is 18.4 Å². The summed E-state index contributed by atoms with van der Waals surface area (Å²) >= 11 is 3.40. The molecule has 0 N–H and O–H groups in total. The molecule has 0 radical (unpaired) electrons. The van der Waals surface area contributed by atoms with Gasteiger partial charge in [0.2, 0.25) is 0 Å². The van der Waals surface area contributed by atoms with Crippen LogP contribution in [0.2, 0.25) is 0 Å². The number of Topliss-reactive ketones (excluding diaryl/α,β-unsaturated/α-hetero) is 1. The first-order valence-electron chi connectivity index (χ1n) is 4.98. The van der Waals surface area contributed by atoms with Crippen molar-refractivity contribution < 1.29 is 9.21 Å². The van der Waals surface area contributed by atoms with E-state index in [0.29, 0.717) is 17.7 Å². The number of ketones is 1. The molecule has 2 aromatic rings. The smallest absolute Gasteiger partial charge is 0.171 e. The fourth-order valence-corrected chi connectivity index (χ4v) is 2.23. The third-order valence-corrected chi connectivity index (χ3v) is 3.00. The lowest BCUT2D eigenvalue weighted by atomic mass is 10.1. The molecule has 0 atom stereocenters. The second-order valence-corrected chi connectivity index (χ2v) is 4.52. The van der Waals surface area contributed by atoms with Crippen LogP contribution in [0.4, 0.5) is 0 Å². The molecule has 2 rings (SSSR count). The van der Waals surface area contributed by atoms with E-state index in [0.717, 1.165) is 10.0 Å².